The molecule has 0 aliphatic heterocycles. The maximum atomic E-state index is 13.3. The highest BCUT2D eigenvalue weighted by atomic mass is 79.9. The van der Waals surface area contributed by atoms with Gasteiger partial charge in [0.15, 0.2) is 21.2 Å². The van der Waals surface area contributed by atoms with Crippen LogP contribution in [0.3, 0.4) is 0 Å². The van der Waals surface area contributed by atoms with Gasteiger partial charge in [-0.2, -0.15) is 0 Å². The Balaban J connectivity index is 2.24. The zero-order valence-corrected chi connectivity index (χ0v) is 19.2. The Morgan fingerprint density at radius 3 is 2.04 bits per heavy atom. The molecule has 1 fully saturated rings. The lowest BCUT2D eigenvalue weighted by atomic mass is 10.1. The molecule has 0 unspecified atom stereocenters. The molecule has 1 aliphatic rings. The Kier molecular flexibility index (Phi) is 7.31. The molecule has 2 rings (SSSR count). The first kappa shape index (κ1) is 22.9. The number of nitrogens with zero attached hydrogens (tertiary/aromatic N) is 1. The molecule has 0 bridgehead atoms. The van der Waals surface area contributed by atoms with E-state index in [1.54, 1.807) is 17.0 Å². The number of carbonyl (C=O) groups is 2. The lowest BCUT2D eigenvalue weighted by molar-refractivity contribution is -0.155. The molecule has 1 aromatic carbocycles. The van der Waals surface area contributed by atoms with Gasteiger partial charge in [0.1, 0.15) is 0 Å². The number of benzene rings is 1. The van der Waals surface area contributed by atoms with Gasteiger partial charge in [-0.15, -0.1) is 0 Å². The predicted molar refractivity (Wildman–Crippen MR) is 111 cm³/mol. The first-order chi connectivity index (χ1) is 13.0. The van der Waals surface area contributed by atoms with Crippen LogP contribution in [0.25, 0.3) is 0 Å². The van der Waals surface area contributed by atoms with Gasteiger partial charge in [0.25, 0.3) is 5.91 Å². The Bertz CT molecular complexity index is 804. The summed E-state index contributed by atoms with van der Waals surface area (Å²) in [6, 6.07) is 6.14. The van der Waals surface area contributed by atoms with Crippen LogP contribution in [-0.4, -0.2) is 48.6 Å². The van der Waals surface area contributed by atoms with Crippen molar-refractivity contribution in [1.29, 1.82) is 0 Å². The number of sulfone groups is 1. The fourth-order valence-electron chi connectivity index (χ4n) is 3.87. The minimum Gasteiger partial charge on any atom is -0.454 e. The molecule has 0 spiro atoms. The van der Waals surface area contributed by atoms with Crippen LogP contribution in [0.15, 0.2) is 33.6 Å². The van der Waals surface area contributed by atoms with Crippen molar-refractivity contribution < 1.29 is 22.7 Å². The van der Waals surface area contributed by atoms with E-state index in [-0.39, 0.29) is 35.7 Å². The Labute approximate surface area is 175 Å². The summed E-state index contributed by atoms with van der Waals surface area (Å²) >= 11 is 3.29. The second kappa shape index (κ2) is 8.95. The van der Waals surface area contributed by atoms with Crippen molar-refractivity contribution in [3.63, 3.8) is 0 Å². The van der Waals surface area contributed by atoms with Crippen LogP contribution in [0.1, 0.15) is 53.4 Å². The molecule has 0 N–H and O–H groups in total. The van der Waals surface area contributed by atoms with Crippen molar-refractivity contribution >= 4 is 37.6 Å². The van der Waals surface area contributed by atoms with E-state index in [2.05, 4.69) is 15.9 Å². The fourth-order valence-corrected chi connectivity index (χ4v) is 6.19. The minimum absolute atomic E-state index is 0.0434. The minimum atomic E-state index is -3.94. The lowest BCUT2D eigenvalue weighted by Crippen LogP contribution is -2.48. The van der Waals surface area contributed by atoms with Gasteiger partial charge < -0.3 is 9.64 Å². The van der Waals surface area contributed by atoms with Gasteiger partial charge >= 0.3 is 5.97 Å². The summed E-state index contributed by atoms with van der Waals surface area (Å²) in [5.41, 5.74) is 0. The Morgan fingerprint density at radius 1 is 1.07 bits per heavy atom. The van der Waals surface area contributed by atoms with Gasteiger partial charge in [-0.05, 0) is 64.8 Å². The molecular formula is C20H28BrNO5S. The third kappa shape index (κ3) is 4.43. The van der Waals surface area contributed by atoms with Crippen LogP contribution < -0.4 is 0 Å². The summed E-state index contributed by atoms with van der Waals surface area (Å²) in [5.74, 6) is -1.15. The SMILES string of the molecule is CC(C)N(C(=O)COC(=O)C1(S(=O)(=O)c2ccc(Br)cc2)CCCC1)C(C)C. The average molecular weight is 474 g/mol. The monoisotopic (exact) mass is 473 g/mol. The highest BCUT2D eigenvalue weighted by Crippen LogP contribution is 2.41. The van der Waals surface area contributed by atoms with Crippen LogP contribution in [0.2, 0.25) is 0 Å². The van der Waals surface area contributed by atoms with E-state index in [1.165, 1.54) is 12.1 Å². The summed E-state index contributed by atoms with van der Waals surface area (Å²) in [6.07, 6.45) is 1.67. The summed E-state index contributed by atoms with van der Waals surface area (Å²) in [6.45, 7) is 7.09. The van der Waals surface area contributed by atoms with E-state index in [9.17, 15) is 18.0 Å². The maximum Gasteiger partial charge on any atom is 0.328 e. The molecule has 6 nitrogen and oxygen atoms in total. The van der Waals surface area contributed by atoms with Crippen LogP contribution >= 0.6 is 15.9 Å². The Morgan fingerprint density at radius 2 is 1.57 bits per heavy atom. The fraction of sp³-hybridized carbons (Fsp3) is 0.600. The molecule has 1 aromatic rings. The highest BCUT2D eigenvalue weighted by Gasteiger charge is 2.54. The van der Waals surface area contributed by atoms with Crippen LogP contribution in [0.4, 0.5) is 0 Å². The number of hydrogen-bond acceptors (Lipinski definition) is 5. The molecule has 0 radical (unpaired) electrons. The predicted octanol–water partition coefficient (Wildman–Crippen LogP) is 3.72. The molecule has 0 saturated heterocycles. The third-order valence-electron chi connectivity index (χ3n) is 5.15. The maximum absolute atomic E-state index is 13.3. The highest BCUT2D eigenvalue weighted by molar-refractivity contribution is 9.10. The van der Waals surface area contributed by atoms with Gasteiger partial charge in [-0.25, -0.2) is 8.42 Å². The molecular weight excluding hydrogens is 446 g/mol. The van der Waals surface area contributed by atoms with Gasteiger partial charge in [0.2, 0.25) is 0 Å². The molecule has 0 aromatic heterocycles. The van der Waals surface area contributed by atoms with E-state index < -0.39 is 27.2 Å². The molecule has 1 amide bonds. The molecule has 0 heterocycles. The summed E-state index contributed by atoms with van der Waals surface area (Å²) in [4.78, 5) is 27.2. The average Bonchev–Trinajstić information content (AvgIpc) is 3.11. The molecule has 1 saturated carbocycles. The number of hydrogen-bond donors (Lipinski definition) is 0. The second-order valence-electron chi connectivity index (χ2n) is 7.72. The quantitative estimate of drug-likeness (QED) is 0.563. The van der Waals surface area contributed by atoms with Crippen molar-refractivity contribution in [3.8, 4) is 0 Å². The number of esters is 1. The van der Waals surface area contributed by atoms with E-state index in [1.807, 2.05) is 27.7 Å². The normalized spacial score (nSPS) is 16.4. The molecule has 28 heavy (non-hydrogen) atoms. The first-order valence-corrected chi connectivity index (χ1v) is 11.8. The standard InChI is InChI=1S/C20H28BrNO5S/c1-14(2)22(15(3)4)18(23)13-27-19(24)20(11-5-6-12-20)28(25,26)17-9-7-16(21)8-10-17/h7-10,14-15H,5-6,11-13H2,1-4H3. The topological polar surface area (TPSA) is 80.8 Å². The summed E-state index contributed by atoms with van der Waals surface area (Å²) in [5, 5.41) is 0. The van der Waals surface area contributed by atoms with Gasteiger partial charge in [0.05, 0.1) is 4.90 Å². The number of rotatable bonds is 7. The second-order valence-corrected chi connectivity index (χ2v) is 10.9. The van der Waals surface area contributed by atoms with E-state index in [4.69, 9.17) is 4.74 Å². The van der Waals surface area contributed by atoms with Crippen LogP contribution in [-0.2, 0) is 24.2 Å². The molecule has 156 valence electrons. The molecule has 8 heteroatoms. The smallest absolute Gasteiger partial charge is 0.328 e. The lowest BCUT2D eigenvalue weighted by Gasteiger charge is -2.31. The van der Waals surface area contributed by atoms with E-state index in [0.717, 1.165) is 4.47 Å². The van der Waals surface area contributed by atoms with Crippen molar-refractivity contribution in [2.75, 3.05) is 6.61 Å². The first-order valence-electron chi connectivity index (χ1n) is 9.51. The molecule has 1 aliphatic carbocycles. The van der Waals surface area contributed by atoms with Gasteiger partial charge in [0, 0.05) is 16.6 Å². The zero-order chi connectivity index (χ0) is 21.1. The summed E-state index contributed by atoms with van der Waals surface area (Å²) < 4.78 is 31.0. The number of halogens is 1. The van der Waals surface area contributed by atoms with Crippen molar-refractivity contribution in [2.24, 2.45) is 0 Å². The van der Waals surface area contributed by atoms with Crippen molar-refractivity contribution in [2.45, 2.75) is 75.1 Å². The van der Waals surface area contributed by atoms with Crippen LogP contribution in [0, 0.1) is 0 Å². The van der Waals surface area contributed by atoms with Gasteiger partial charge in [-0.3, -0.25) is 9.59 Å². The summed E-state index contributed by atoms with van der Waals surface area (Å²) in [7, 11) is -3.94. The number of ether oxygens (including phenoxy) is 1. The molecule has 0 atom stereocenters. The van der Waals surface area contributed by atoms with Crippen molar-refractivity contribution in [1.82, 2.24) is 4.90 Å². The number of carbonyl (C=O) groups excluding carboxylic acids is 2. The zero-order valence-electron chi connectivity index (χ0n) is 16.8. The van der Waals surface area contributed by atoms with E-state index >= 15 is 0 Å². The largest absolute Gasteiger partial charge is 0.454 e. The van der Waals surface area contributed by atoms with E-state index in [0.29, 0.717) is 12.8 Å². The van der Waals surface area contributed by atoms with Crippen molar-refractivity contribution in [3.05, 3.63) is 28.7 Å². The van der Waals surface area contributed by atoms with Gasteiger partial charge in [-0.1, -0.05) is 28.8 Å². The third-order valence-corrected chi connectivity index (χ3v) is 8.17. The van der Waals surface area contributed by atoms with Crippen LogP contribution in [0.5, 0.6) is 0 Å². The number of amides is 1. The Hall–Kier alpha value is -1.41.